The second kappa shape index (κ2) is 6.26. The summed E-state index contributed by atoms with van der Waals surface area (Å²) in [7, 11) is 3.86. The summed E-state index contributed by atoms with van der Waals surface area (Å²) in [4.78, 5) is 24.6. The van der Waals surface area contributed by atoms with Gasteiger partial charge in [0.05, 0.1) is 4.92 Å². The van der Waals surface area contributed by atoms with E-state index in [1.54, 1.807) is 31.2 Å². The Morgan fingerprint density at radius 2 is 1.77 bits per heavy atom. The number of aryl methyl sites for hydroxylation is 1. The zero-order chi connectivity index (χ0) is 16.3. The highest BCUT2D eigenvalue weighted by molar-refractivity contribution is 6.04. The molecule has 0 fully saturated rings. The molecule has 0 aliphatic rings. The first kappa shape index (κ1) is 15.5. The second-order valence-electron chi connectivity index (χ2n) is 5.15. The molecule has 0 saturated carbocycles. The maximum Gasteiger partial charge on any atom is 0.273 e. The third kappa shape index (κ3) is 3.41. The van der Waals surface area contributed by atoms with Gasteiger partial charge in [0.1, 0.15) is 0 Å². The molecule has 22 heavy (non-hydrogen) atoms. The molecule has 0 spiro atoms. The highest BCUT2D eigenvalue weighted by Gasteiger charge is 2.15. The average molecular weight is 299 g/mol. The first-order chi connectivity index (χ1) is 10.4. The van der Waals surface area contributed by atoms with Gasteiger partial charge >= 0.3 is 0 Å². The molecule has 6 heteroatoms. The molecule has 2 aromatic carbocycles. The standard InChI is InChI=1S/C16H17N3O3/c1-11-4-5-12(10-15(11)19(21)22)16(20)17-13-6-8-14(9-7-13)18(2)3/h4-10H,1-3H3,(H,17,20). The molecular weight excluding hydrogens is 282 g/mol. The van der Waals surface area contributed by atoms with E-state index in [9.17, 15) is 14.9 Å². The van der Waals surface area contributed by atoms with E-state index in [0.29, 0.717) is 11.3 Å². The maximum absolute atomic E-state index is 12.2. The lowest BCUT2D eigenvalue weighted by Crippen LogP contribution is -2.13. The van der Waals surface area contributed by atoms with Crippen LogP contribution >= 0.6 is 0 Å². The van der Waals surface area contributed by atoms with Crippen molar-refractivity contribution < 1.29 is 9.72 Å². The fourth-order valence-corrected chi connectivity index (χ4v) is 1.99. The Labute approximate surface area is 128 Å². The molecule has 0 saturated heterocycles. The number of amides is 1. The van der Waals surface area contributed by atoms with Crippen LogP contribution in [0.1, 0.15) is 15.9 Å². The van der Waals surface area contributed by atoms with E-state index in [-0.39, 0.29) is 17.2 Å². The summed E-state index contributed by atoms with van der Waals surface area (Å²) in [6, 6.07) is 11.8. The number of rotatable bonds is 4. The molecule has 2 rings (SSSR count). The predicted molar refractivity (Wildman–Crippen MR) is 86.6 cm³/mol. The SMILES string of the molecule is Cc1ccc(C(=O)Nc2ccc(N(C)C)cc2)cc1[N+](=O)[O-]. The van der Waals surface area contributed by atoms with Crippen molar-refractivity contribution in [3.8, 4) is 0 Å². The van der Waals surface area contributed by atoms with E-state index >= 15 is 0 Å². The van der Waals surface area contributed by atoms with Crippen molar-refractivity contribution in [2.24, 2.45) is 0 Å². The summed E-state index contributed by atoms with van der Waals surface area (Å²) >= 11 is 0. The van der Waals surface area contributed by atoms with Crippen molar-refractivity contribution >= 4 is 23.0 Å². The molecule has 0 aliphatic heterocycles. The van der Waals surface area contributed by atoms with E-state index in [4.69, 9.17) is 0 Å². The number of carbonyl (C=O) groups is 1. The lowest BCUT2D eigenvalue weighted by Gasteiger charge is -2.13. The van der Waals surface area contributed by atoms with Gasteiger partial charge in [-0.25, -0.2) is 0 Å². The number of nitrogens with one attached hydrogen (secondary N) is 1. The number of hydrogen-bond acceptors (Lipinski definition) is 4. The molecular formula is C16H17N3O3. The van der Waals surface area contributed by atoms with Gasteiger partial charge in [-0.3, -0.25) is 14.9 Å². The zero-order valence-electron chi connectivity index (χ0n) is 12.7. The molecule has 0 aromatic heterocycles. The minimum Gasteiger partial charge on any atom is -0.378 e. The van der Waals surface area contributed by atoms with Crippen LogP contribution in [-0.2, 0) is 0 Å². The molecule has 0 aliphatic carbocycles. The van der Waals surface area contributed by atoms with Crippen LogP contribution in [0.4, 0.5) is 17.1 Å². The average Bonchev–Trinajstić information content (AvgIpc) is 2.47. The summed E-state index contributed by atoms with van der Waals surface area (Å²) in [5, 5.41) is 13.7. The van der Waals surface area contributed by atoms with Gasteiger partial charge in [0.2, 0.25) is 0 Å². The van der Waals surface area contributed by atoms with Crippen LogP contribution in [0.25, 0.3) is 0 Å². The van der Waals surface area contributed by atoms with Gasteiger partial charge in [0.25, 0.3) is 11.6 Å². The van der Waals surface area contributed by atoms with Gasteiger partial charge < -0.3 is 10.2 Å². The maximum atomic E-state index is 12.2. The lowest BCUT2D eigenvalue weighted by molar-refractivity contribution is -0.385. The van der Waals surface area contributed by atoms with E-state index in [1.165, 1.54) is 6.07 Å². The third-order valence-electron chi connectivity index (χ3n) is 3.31. The molecule has 1 amide bonds. The first-order valence-corrected chi connectivity index (χ1v) is 6.72. The van der Waals surface area contributed by atoms with E-state index in [0.717, 1.165) is 5.69 Å². The largest absolute Gasteiger partial charge is 0.378 e. The predicted octanol–water partition coefficient (Wildman–Crippen LogP) is 3.22. The van der Waals surface area contributed by atoms with Gasteiger partial charge in [0, 0.05) is 42.7 Å². The number of hydrogen-bond donors (Lipinski definition) is 1. The monoisotopic (exact) mass is 299 g/mol. The molecule has 114 valence electrons. The highest BCUT2D eigenvalue weighted by Crippen LogP contribution is 2.21. The van der Waals surface area contributed by atoms with Gasteiger partial charge in [0.15, 0.2) is 0 Å². The Morgan fingerprint density at radius 1 is 1.14 bits per heavy atom. The number of anilines is 2. The summed E-state index contributed by atoms with van der Waals surface area (Å²) in [5.74, 6) is -0.374. The van der Waals surface area contributed by atoms with E-state index in [1.807, 2.05) is 31.1 Å². The van der Waals surface area contributed by atoms with Crippen LogP contribution < -0.4 is 10.2 Å². The van der Waals surface area contributed by atoms with E-state index < -0.39 is 4.92 Å². The Hall–Kier alpha value is -2.89. The first-order valence-electron chi connectivity index (χ1n) is 6.72. The summed E-state index contributed by atoms with van der Waals surface area (Å²) in [6.45, 7) is 1.64. The topological polar surface area (TPSA) is 75.5 Å². The fourth-order valence-electron chi connectivity index (χ4n) is 1.99. The third-order valence-corrected chi connectivity index (χ3v) is 3.31. The summed E-state index contributed by atoms with van der Waals surface area (Å²) in [6.07, 6.45) is 0. The summed E-state index contributed by atoms with van der Waals surface area (Å²) < 4.78 is 0. The molecule has 2 aromatic rings. The molecule has 0 bridgehead atoms. The van der Waals surface area contributed by atoms with Crippen LogP contribution in [0.3, 0.4) is 0 Å². The van der Waals surface area contributed by atoms with Crippen LogP contribution in [0.2, 0.25) is 0 Å². The van der Waals surface area contributed by atoms with Gasteiger partial charge in [-0.2, -0.15) is 0 Å². The van der Waals surface area contributed by atoms with Crippen molar-refractivity contribution in [3.63, 3.8) is 0 Å². The Kier molecular flexibility index (Phi) is 4.41. The number of nitro benzene ring substituents is 1. The Balaban J connectivity index is 2.18. The van der Waals surface area contributed by atoms with Crippen molar-refractivity contribution in [1.82, 2.24) is 0 Å². The minimum absolute atomic E-state index is 0.0596. The molecule has 0 unspecified atom stereocenters. The molecule has 1 N–H and O–H groups in total. The highest BCUT2D eigenvalue weighted by atomic mass is 16.6. The van der Waals surface area contributed by atoms with Gasteiger partial charge in [-0.05, 0) is 37.3 Å². The van der Waals surface area contributed by atoms with Crippen LogP contribution in [0.15, 0.2) is 42.5 Å². The van der Waals surface area contributed by atoms with Gasteiger partial charge in [-0.15, -0.1) is 0 Å². The quantitative estimate of drug-likeness (QED) is 0.694. The molecule has 0 atom stereocenters. The number of benzene rings is 2. The Bertz CT molecular complexity index is 709. The molecule has 0 radical (unpaired) electrons. The minimum atomic E-state index is -0.488. The van der Waals surface area contributed by atoms with Crippen molar-refractivity contribution in [2.75, 3.05) is 24.3 Å². The fraction of sp³-hybridized carbons (Fsp3) is 0.188. The van der Waals surface area contributed by atoms with Crippen molar-refractivity contribution in [2.45, 2.75) is 6.92 Å². The molecule has 6 nitrogen and oxygen atoms in total. The van der Waals surface area contributed by atoms with Crippen LogP contribution in [0, 0.1) is 17.0 Å². The lowest BCUT2D eigenvalue weighted by atomic mass is 10.1. The zero-order valence-corrected chi connectivity index (χ0v) is 12.7. The Morgan fingerprint density at radius 3 is 2.32 bits per heavy atom. The number of nitro groups is 1. The van der Waals surface area contributed by atoms with Gasteiger partial charge in [-0.1, -0.05) is 6.07 Å². The van der Waals surface area contributed by atoms with Crippen molar-refractivity contribution in [1.29, 1.82) is 0 Å². The smallest absolute Gasteiger partial charge is 0.273 e. The van der Waals surface area contributed by atoms with E-state index in [2.05, 4.69) is 5.32 Å². The van der Waals surface area contributed by atoms with Crippen LogP contribution in [-0.4, -0.2) is 24.9 Å². The second-order valence-corrected chi connectivity index (χ2v) is 5.15. The normalized spacial score (nSPS) is 10.1. The van der Waals surface area contributed by atoms with Crippen LogP contribution in [0.5, 0.6) is 0 Å². The number of carbonyl (C=O) groups excluding carboxylic acids is 1. The summed E-state index contributed by atoms with van der Waals surface area (Å²) in [5.41, 5.74) is 2.38. The number of nitrogens with zero attached hydrogens (tertiary/aromatic N) is 2. The molecule has 0 heterocycles. The van der Waals surface area contributed by atoms with Crippen molar-refractivity contribution in [3.05, 3.63) is 63.7 Å².